The van der Waals surface area contributed by atoms with Gasteiger partial charge < -0.3 is 37.8 Å². The van der Waals surface area contributed by atoms with Crippen molar-refractivity contribution in [2.24, 2.45) is 29.2 Å². The van der Waals surface area contributed by atoms with Crippen LogP contribution in [0.5, 0.6) is 0 Å². The third kappa shape index (κ3) is 14.3. The van der Waals surface area contributed by atoms with E-state index in [1.807, 2.05) is 34.6 Å². The first-order valence-electron chi connectivity index (χ1n) is 14.0. The quantitative estimate of drug-likeness (QED) is 0.112. The minimum atomic E-state index is -1.15. The van der Waals surface area contributed by atoms with E-state index in [0.29, 0.717) is 25.8 Å². The molecule has 9 N–H and O–H groups in total. The van der Waals surface area contributed by atoms with Gasteiger partial charge in [0.2, 0.25) is 23.6 Å². The van der Waals surface area contributed by atoms with Gasteiger partial charge in [-0.05, 0) is 56.9 Å². The number of carboxylic acid groups (broad SMARTS) is 1. The van der Waals surface area contributed by atoms with E-state index in [4.69, 9.17) is 11.5 Å². The summed E-state index contributed by atoms with van der Waals surface area (Å²) >= 11 is 0. The lowest BCUT2D eigenvalue weighted by atomic mass is 9.97. The third-order valence-electron chi connectivity index (χ3n) is 6.52. The van der Waals surface area contributed by atoms with Crippen molar-refractivity contribution in [3.8, 4) is 0 Å². The molecule has 0 radical (unpaired) electrons. The number of nitrogens with two attached hydrogens (primary N) is 2. The number of carbonyl (C=O) groups excluding carboxylic acids is 4. The predicted octanol–water partition coefficient (Wildman–Crippen LogP) is 0.625. The van der Waals surface area contributed by atoms with Crippen LogP contribution in [-0.2, 0) is 24.0 Å². The second-order valence-electron chi connectivity index (χ2n) is 11.2. The van der Waals surface area contributed by atoms with Gasteiger partial charge in [0.25, 0.3) is 0 Å². The molecule has 0 heterocycles. The van der Waals surface area contributed by atoms with Crippen molar-refractivity contribution in [1.82, 2.24) is 21.3 Å². The van der Waals surface area contributed by atoms with Crippen LogP contribution >= 0.6 is 0 Å². The average molecular weight is 557 g/mol. The molecule has 0 aliphatic rings. The van der Waals surface area contributed by atoms with Crippen LogP contribution in [0.2, 0.25) is 0 Å². The molecular formula is C27H52N6O6. The summed E-state index contributed by atoms with van der Waals surface area (Å²) in [4.78, 5) is 63.3. The van der Waals surface area contributed by atoms with Crippen molar-refractivity contribution in [2.45, 2.75) is 117 Å². The first kappa shape index (κ1) is 36.3. The van der Waals surface area contributed by atoms with E-state index in [-0.39, 0.29) is 30.6 Å². The highest BCUT2D eigenvalue weighted by molar-refractivity contribution is 5.95. The van der Waals surface area contributed by atoms with Crippen LogP contribution in [0.25, 0.3) is 0 Å². The lowest BCUT2D eigenvalue weighted by Gasteiger charge is -2.28. The standard InChI is InChI=1S/C27H52N6O6/c1-8-17(6)22(27(38)39)33-26(37)21(14-16(4)5)32-25(36)20(13-15(2)3)31-23(34)18(7)30-24(35)19(29)11-9-10-12-28/h15-22H,8-14,28-29H2,1-7H3,(H,30,35)(H,31,34)(H,32,36)(H,33,37)(H,38,39)/t17-,18-,19-,20-,21-,22-/m0/s1. The molecule has 0 spiro atoms. The molecule has 0 aromatic heterocycles. The zero-order valence-electron chi connectivity index (χ0n) is 24.7. The normalized spacial score (nSPS) is 16.0. The van der Waals surface area contributed by atoms with Crippen LogP contribution < -0.4 is 32.7 Å². The number of rotatable bonds is 19. The van der Waals surface area contributed by atoms with Gasteiger partial charge in [-0.2, -0.15) is 0 Å². The summed E-state index contributed by atoms with van der Waals surface area (Å²) in [6.07, 6.45) is 2.99. The molecule has 0 aliphatic heterocycles. The second kappa shape index (κ2) is 18.5. The molecule has 39 heavy (non-hydrogen) atoms. The fraction of sp³-hybridized carbons (Fsp3) is 0.815. The molecule has 12 nitrogen and oxygen atoms in total. The molecule has 0 unspecified atom stereocenters. The van der Waals surface area contributed by atoms with E-state index in [9.17, 15) is 29.1 Å². The maximum Gasteiger partial charge on any atom is 0.326 e. The third-order valence-corrected chi connectivity index (χ3v) is 6.52. The molecule has 226 valence electrons. The van der Waals surface area contributed by atoms with Crippen LogP contribution in [0, 0.1) is 17.8 Å². The largest absolute Gasteiger partial charge is 0.480 e. The molecule has 0 bridgehead atoms. The highest BCUT2D eigenvalue weighted by atomic mass is 16.4. The van der Waals surface area contributed by atoms with E-state index in [1.54, 1.807) is 6.92 Å². The Kier molecular flexibility index (Phi) is 17.2. The molecule has 0 aromatic rings. The lowest BCUT2D eigenvalue weighted by Crippen LogP contribution is -2.58. The highest BCUT2D eigenvalue weighted by Gasteiger charge is 2.32. The molecule has 0 saturated heterocycles. The molecule has 0 saturated carbocycles. The second-order valence-corrected chi connectivity index (χ2v) is 11.2. The number of unbranched alkanes of at least 4 members (excludes halogenated alkanes) is 1. The van der Waals surface area contributed by atoms with E-state index in [0.717, 1.165) is 6.42 Å². The van der Waals surface area contributed by atoms with Crippen molar-refractivity contribution in [2.75, 3.05) is 6.54 Å². The van der Waals surface area contributed by atoms with Crippen molar-refractivity contribution < 1.29 is 29.1 Å². The van der Waals surface area contributed by atoms with Gasteiger partial charge in [0.05, 0.1) is 6.04 Å². The lowest BCUT2D eigenvalue weighted by molar-refractivity contribution is -0.144. The van der Waals surface area contributed by atoms with Crippen LogP contribution in [-0.4, -0.2) is 71.5 Å². The van der Waals surface area contributed by atoms with E-state index >= 15 is 0 Å². The molecule has 0 rings (SSSR count). The summed E-state index contributed by atoms with van der Waals surface area (Å²) in [7, 11) is 0. The maximum atomic E-state index is 13.3. The molecule has 0 aliphatic carbocycles. The van der Waals surface area contributed by atoms with Gasteiger partial charge in [0.1, 0.15) is 24.2 Å². The smallest absolute Gasteiger partial charge is 0.326 e. The fourth-order valence-corrected chi connectivity index (χ4v) is 3.94. The Bertz CT molecular complexity index is 806. The Hall–Kier alpha value is -2.73. The molecular weight excluding hydrogens is 504 g/mol. The van der Waals surface area contributed by atoms with Crippen LogP contribution in [0.3, 0.4) is 0 Å². The highest BCUT2D eigenvalue weighted by Crippen LogP contribution is 2.12. The summed E-state index contributed by atoms with van der Waals surface area (Å²) in [5.41, 5.74) is 11.4. The van der Waals surface area contributed by atoms with Crippen LogP contribution in [0.1, 0.15) is 87.0 Å². The summed E-state index contributed by atoms with van der Waals surface area (Å²) < 4.78 is 0. The molecule has 0 aromatic carbocycles. The first-order valence-corrected chi connectivity index (χ1v) is 14.0. The zero-order chi connectivity index (χ0) is 30.3. The average Bonchev–Trinajstić information content (AvgIpc) is 2.84. The Morgan fingerprint density at radius 1 is 0.718 bits per heavy atom. The summed E-state index contributed by atoms with van der Waals surface area (Å²) in [5, 5.41) is 20.1. The van der Waals surface area contributed by atoms with Gasteiger partial charge in [-0.1, -0.05) is 54.4 Å². The SMILES string of the molecule is CC[C@H](C)[C@H](NC(=O)[C@H](CC(C)C)NC(=O)[C@H](CC(C)C)NC(=O)[C@H](C)NC(=O)[C@@H](N)CCCCN)C(=O)O. The molecule has 4 amide bonds. The summed E-state index contributed by atoms with van der Waals surface area (Å²) in [5.74, 6) is -3.59. The Labute approximate surface area is 233 Å². The number of carboxylic acids is 1. The Morgan fingerprint density at radius 2 is 1.21 bits per heavy atom. The summed E-state index contributed by atoms with van der Waals surface area (Å²) in [6.45, 7) is 13.1. The minimum Gasteiger partial charge on any atom is -0.480 e. The zero-order valence-corrected chi connectivity index (χ0v) is 24.7. The number of nitrogens with one attached hydrogen (secondary N) is 4. The summed E-state index contributed by atoms with van der Waals surface area (Å²) in [6, 6.07) is -4.77. The van der Waals surface area contributed by atoms with Crippen LogP contribution in [0.4, 0.5) is 0 Å². The topological polar surface area (TPSA) is 206 Å². The van der Waals surface area contributed by atoms with Crippen molar-refractivity contribution >= 4 is 29.6 Å². The number of carbonyl (C=O) groups is 5. The van der Waals surface area contributed by atoms with E-state index in [1.165, 1.54) is 6.92 Å². The van der Waals surface area contributed by atoms with Gasteiger partial charge in [0.15, 0.2) is 0 Å². The molecule has 0 fully saturated rings. The maximum absolute atomic E-state index is 13.3. The van der Waals surface area contributed by atoms with E-state index in [2.05, 4.69) is 21.3 Å². The van der Waals surface area contributed by atoms with Crippen molar-refractivity contribution in [1.29, 1.82) is 0 Å². The van der Waals surface area contributed by atoms with Crippen molar-refractivity contribution in [3.63, 3.8) is 0 Å². The number of hydrogen-bond donors (Lipinski definition) is 7. The monoisotopic (exact) mass is 556 g/mol. The van der Waals surface area contributed by atoms with E-state index < -0.39 is 59.8 Å². The predicted molar refractivity (Wildman–Crippen MR) is 150 cm³/mol. The van der Waals surface area contributed by atoms with Crippen molar-refractivity contribution in [3.05, 3.63) is 0 Å². The number of aliphatic carboxylic acids is 1. The minimum absolute atomic E-state index is 0.0235. The van der Waals surface area contributed by atoms with Gasteiger partial charge in [0, 0.05) is 0 Å². The van der Waals surface area contributed by atoms with Gasteiger partial charge >= 0.3 is 5.97 Å². The fourth-order valence-electron chi connectivity index (χ4n) is 3.94. The van der Waals surface area contributed by atoms with Gasteiger partial charge in [-0.15, -0.1) is 0 Å². The van der Waals surface area contributed by atoms with Gasteiger partial charge in [-0.3, -0.25) is 19.2 Å². The Morgan fingerprint density at radius 3 is 1.64 bits per heavy atom. The first-order chi connectivity index (χ1) is 18.1. The molecule has 12 heteroatoms. The van der Waals surface area contributed by atoms with Gasteiger partial charge in [-0.25, -0.2) is 4.79 Å². The number of hydrogen-bond acceptors (Lipinski definition) is 7. The van der Waals surface area contributed by atoms with Crippen LogP contribution in [0.15, 0.2) is 0 Å². The Balaban J connectivity index is 5.50. The number of amides is 4. The molecule has 6 atom stereocenters.